The van der Waals surface area contributed by atoms with Gasteiger partial charge in [0, 0.05) is 23.7 Å². The number of aryl methyl sites for hydroxylation is 1. The molecule has 0 unspecified atom stereocenters. The van der Waals surface area contributed by atoms with Crippen LogP contribution in [0.5, 0.6) is 5.75 Å². The van der Waals surface area contributed by atoms with Crippen LogP contribution in [0.25, 0.3) is 16.8 Å². The summed E-state index contributed by atoms with van der Waals surface area (Å²) in [6.07, 6.45) is 2.93. The van der Waals surface area contributed by atoms with Gasteiger partial charge in [0.05, 0.1) is 6.20 Å². The maximum absolute atomic E-state index is 12.4. The zero-order valence-corrected chi connectivity index (χ0v) is 15.8. The minimum absolute atomic E-state index is 0.192. The average molecular weight is 401 g/mol. The molecule has 0 saturated heterocycles. The lowest BCUT2D eigenvalue weighted by atomic mass is 10.1. The molecule has 1 aromatic carbocycles. The Balaban J connectivity index is 1.51. The molecule has 0 radical (unpaired) electrons. The largest absolute Gasteiger partial charge is 0.484 e. The second kappa shape index (κ2) is 7.89. The van der Waals surface area contributed by atoms with Crippen LogP contribution < -0.4 is 15.7 Å². The predicted molar refractivity (Wildman–Crippen MR) is 107 cm³/mol. The van der Waals surface area contributed by atoms with E-state index in [0.717, 1.165) is 10.9 Å². The molecule has 3 heterocycles. The first kappa shape index (κ1) is 18.9. The van der Waals surface area contributed by atoms with Gasteiger partial charge in [-0.05, 0) is 36.8 Å². The summed E-state index contributed by atoms with van der Waals surface area (Å²) in [5.74, 6) is 0.528. The minimum Gasteiger partial charge on any atom is -0.484 e. The van der Waals surface area contributed by atoms with Crippen LogP contribution in [0.15, 0.2) is 64.1 Å². The SMILES string of the molecule is Cc1cc(=O)oc2cc(OCC(=O)Nc3c(C#N)cnn3-c3ccccn3)ccc12. The molecule has 148 valence electrons. The summed E-state index contributed by atoms with van der Waals surface area (Å²) in [7, 11) is 0. The maximum Gasteiger partial charge on any atom is 0.336 e. The van der Waals surface area contributed by atoms with Crippen molar-refractivity contribution < 1.29 is 13.9 Å². The normalized spacial score (nSPS) is 10.5. The van der Waals surface area contributed by atoms with Gasteiger partial charge in [-0.3, -0.25) is 4.79 Å². The first-order valence-electron chi connectivity index (χ1n) is 8.92. The maximum atomic E-state index is 12.4. The van der Waals surface area contributed by atoms with Crippen molar-refractivity contribution in [2.45, 2.75) is 6.92 Å². The number of fused-ring (bicyclic) bond motifs is 1. The number of benzene rings is 1. The number of rotatable bonds is 5. The molecule has 3 aromatic heterocycles. The van der Waals surface area contributed by atoms with Crippen LogP contribution >= 0.6 is 0 Å². The van der Waals surface area contributed by atoms with Crippen molar-refractivity contribution >= 4 is 22.7 Å². The zero-order chi connectivity index (χ0) is 21.1. The van der Waals surface area contributed by atoms with Crippen molar-refractivity contribution in [3.63, 3.8) is 0 Å². The molecule has 0 bridgehead atoms. The number of nitrogens with zero attached hydrogens (tertiary/aromatic N) is 4. The number of hydrogen-bond donors (Lipinski definition) is 1. The van der Waals surface area contributed by atoms with Crippen LogP contribution in [-0.2, 0) is 4.79 Å². The quantitative estimate of drug-likeness (QED) is 0.510. The van der Waals surface area contributed by atoms with Gasteiger partial charge in [0.1, 0.15) is 23.0 Å². The summed E-state index contributed by atoms with van der Waals surface area (Å²) in [6.45, 7) is 1.49. The van der Waals surface area contributed by atoms with E-state index in [2.05, 4.69) is 15.4 Å². The molecule has 0 aliphatic carbocycles. The minimum atomic E-state index is -0.491. The van der Waals surface area contributed by atoms with Gasteiger partial charge in [0.25, 0.3) is 5.91 Å². The number of hydrogen-bond acceptors (Lipinski definition) is 7. The summed E-state index contributed by atoms with van der Waals surface area (Å²) in [6, 6.07) is 13.6. The van der Waals surface area contributed by atoms with Gasteiger partial charge in [-0.2, -0.15) is 15.0 Å². The van der Waals surface area contributed by atoms with E-state index in [9.17, 15) is 14.9 Å². The molecular formula is C21H15N5O4. The Morgan fingerprint density at radius 1 is 1.30 bits per heavy atom. The van der Waals surface area contributed by atoms with Crippen molar-refractivity contribution in [1.82, 2.24) is 14.8 Å². The van der Waals surface area contributed by atoms with Gasteiger partial charge in [-0.25, -0.2) is 9.78 Å². The van der Waals surface area contributed by atoms with Crippen LogP contribution in [0.3, 0.4) is 0 Å². The third kappa shape index (κ3) is 3.74. The summed E-state index contributed by atoms with van der Waals surface area (Å²) in [4.78, 5) is 28.2. The molecule has 1 amide bonds. The van der Waals surface area contributed by atoms with E-state index < -0.39 is 11.5 Å². The topological polar surface area (TPSA) is 123 Å². The Kier molecular flexibility index (Phi) is 4.97. The molecule has 9 heteroatoms. The first-order valence-corrected chi connectivity index (χ1v) is 8.92. The van der Waals surface area contributed by atoms with E-state index in [1.165, 1.54) is 16.9 Å². The molecule has 0 fully saturated rings. The van der Waals surface area contributed by atoms with Crippen LogP contribution in [0.1, 0.15) is 11.1 Å². The molecule has 0 spiro atoms. The van der Waals surface area contributed by atoms with Crippen LogP contribution in [0.4, 0.5) is 5.82 Å². The molecule has 0 aliphatic rings. The highest BCUT2D eigenvalue weighted by molar-refractivity contribution is 5.92. The highest BCUT2D eigenvalue weighted by Gasteiger charge is 2.16. The second-order valence-electron chi connectivity index (χ2n) is 6.36. The first-order chi connectivity index (χ1) is 14.5. The number of amides is 1. The Hall–Kier alpha value is -4.45. The van der Waals surface area contributed by atoms with E-state index in [-0.39, 0.29) is 18.0 Å². The molecule has 30 heavy (non-hydrogen) atoms. The van der Waals surface area contributed by atoms with Crippen LogP contribution in [-0.4, -0.2) is 27.3 Å². The summed E-state index contributed by atoms with van der Waals surface area (Å²) in [5, 5.41) is 16.8. The molecule has 0 atom stereocenters. The van der Waals surface area contributed by atoms with Gasteiger partial charge < -0.3 is 14.5 Å². The van der Waals surface area contributed by atoms with Gasteiger partial charge in [0.2, 0.25) is 0 Å². The second-order valence-corrected chi connectivity index (χ2v) is 6.36. The highest BCUT2D eigenvalue weighted by atomic mass is 16.5. The molecule has 4 aromatic rings. The lowest BCUT2D eigenvalue weighted by Gasteiger charge is -2.10. The van der Waals surface area contributed by atoms with Crippen LogP contribution in [0.2, 0.25) is 0 Å². The molecule has 9 nitrogen and oxygen atoms in total. The van der Waals surface area contributed by atoms with E-state index in [1.54, 1.807) is 42.6 Å². The zero-order valence-electron chi connectivity index (χ0n) is 15.8. The number of pyridine rings is 1. The van der Waals surface area contributed by atoms with Gasteiger partial charge >= 0.3 is 5.63 Å². The van der Waals surface area contributed by atoms with Crippen molar-refractivity contribution in [3.8, 4) is 17.6 Å². The fourth-order valence-corrected chi connectivity index (χ4v) is 2.92. The molecule has 1 N–H and O–H groups in total. The molecule has 0 saturated carbocycles. The number of nitrogens with one attached hydrogen (secondary N) is 1. The van der Waals surface area contributed by atoms with E-state index in [4.69, 9.17) is 9.15 Å². The predicted octanol–water partition coefficient (Wildman–Crippen LogP) is 2.57. The van der Waals surface area contributed by atoms with Crippen LogP contribution in [0, 0.1) is 18.3 Å². The van der Waals surface area contributed by atoms with Gasteiger partial charge in [-0.15, -0.1) is 0 Å². The van der Waals surface area contributed by atoms with Crippen molar-refractivity contribution in [3.05, 3.63) is 76.4 Å². The van der Waals surface area contributed by atoms with Gasteiger partial charge in [0.15, 0.2) is 18.2 Å². The Morgan fingerprint density at radius 2 is 2.17 bits per heavy atom. The lowest BCUT2D eigenvalue weighted by molar-refractivity contribution is -0.118. The Morgan fingerprint density at radius 3 is 2.93 bits per heavy atom. The Labute approximate surface area is 170 Å². The number of aromatic nitrogens is 3. The van der Waals surface area contributed by atoms with E-state index >= 15 is 0 Å². The third-order valence-electron chi connectivity index (χ3n) is 4.31. The van der Waals surface area contributed by atoms with Crippen molar-refractivity contribution in [2.24, 2.45) is 0 Å². The number of carbonyl (C=O) groups excluding carboxylic acids is 1. The summed E-state index contributed by atoms with van der Waals surface area (Å²) >= 11 is 0. The fraction of sp³-hybridized carbons (Fsp3) is 0.0952. The van der Waals surface area contributed by atoms with E-state index in [1.807, 2.05) is 13.0 Å². The molecule has 0 aliphatic heterocycles. The monoisotopic (exact) mass is 401 g/mol. The summed E-state index contributed by atoms with van der Waals surface area (Å²) < 4.78 is 12.1. The molecule has 4 rings (SSSR count). The number of nitriles is 1. The standard InChI is InChI=1S/C21H15N5O4/c1-13-8-20(28)30-17-9-15(5-6-16(13)17)29-12-19(27)25-21-14(10-22)11-24-26(21)18-4-2-3-7-23-18/h2-9,11H,12H2,1H3,(H,25,27). The third-order valence-corrected chi connectivity index (χ3v) is 4.31. The van der Waals surface area contributed by atoms with Crippen molar-refractivity contribution in [1.29, 1.82) is 5.26 Å². The summed E-state index contributed by atoms with van der Waals surface area (Å²) in [5.41, 5.74) is 0.897. The number of anilines is 1. The van der Waals surface area contributed by atoms with Gasteiger partial charge in [-0.1, -0.05) is 6.07 Å². The van der Waals surface area contributed by atoms with E-state index in [0.29, 0.717) is 17.2 Å². The fourth-order valence-electron chi connectivity index (χ4n) is 2.92. The average Bonchev–Trinajstić information content (AvgIpc) is 3.15. The molecular weight excluding hydrogens is 386 g/mol. The highest BCUT2D eigenvalue weighted by Crippen LogP contribution is 2.22. The lowest BCUT2D eigenvalue weighted by Crippen LogP contribution is -2.22. The van der Waals surface area contributed by atoms with Crippen molar-refractivity contribution in [2.75, 3.05) is 11.9 Å². The smallest absolute Gasteiger partial charge is 0.336 e. The number of carbonyl (C=O) groups is 1. The Bertz CT molecular complexity index is 1340. The number of ether oxygens (including phenoxy) is 1.